The standard InChI is InChI=1S/C26H21NO2.C12H18N2/c1-20-16-23(18-28)26(27(20)24-13-7-4-8-14-24)22-12-9-15-25(17-22)29-19-21-10-5-2-3-6-11-21;1-14-8-7-13-10-12(14)9-11-5-3-2-4-6-11/h2-5,7-18H,19H2,1H3;2-6,12-13H,7-10H2,1H3/t;12-/m.1/s1. The number of aldehydes is 1. The Labute approximate surface area is 255 Å². The molecule has 1 aromatic heterocycles. The molecule has 4 aromatic rings. The summed E-state index contributed by atoms with van der Waals surface area (Å²) < 4.78 is 8.11. The molecule has 1 fully saturated rings. The number of para-hydroxylation sites is 1. The van der Waals surface area contributed by atoms with Gasteiger partial charge in [0.15, 0.2) is 6.29 Å². The van der Waals surface area contributed by atoms with Gasteiger partial charge in [-0.25, -0.2) is 0 Å². The molecule has 218 valence electrons. The van der Waals surface area contributed by atoms with E-state index in [1.807, 2.05) is 98.0 Å². The molecule has 1 saturated heterocycles. The van der Waals surface area contributed by atoms with E-state index in [4.69, 9.17) is 4.74 Å². The number of aromatic nitrogens is 1. The minimum Gasteiger partial charge on any atom is -0.489 e. The van der Waals surface area contributed by atoms with Crippen molar-refractivity contribution in [3.8, 4) is 22.7 Å². The molecular weight excluding hydrogens is 530 g/mol. The number of likely N-dealkylation sites (N-methyl/N-ethyl adjacent to an activating group) is 1. The fourth-order valence-electron chi connectivity index (χ4n) is 5.42. The lowest BCUT2D eigenvalue weighted by Gasteiger charge is -2.33. The highest BCUT2D eigenvalue weighted by Gasteiger charge is 2.18. The molecule has 0 amide bonds. The van der Waals surface area contributed by atoms with E-state index in [0.29, 0.717) is 18.2 Å². The molecule has 3 aromatic carbocycles. The van der Waals surface area contributed by atoms with Gasteiger partial charge < -0.3 is 19.5 Å². The Kier molecular flexibility index (Phi) is 10.4. The minimum atomic E-state index is 0.452. The maximum absolute atomic E-state index is 11.8. The summed E-state index contributed by atoms with van der Waals surface area (Å²) >= 11 is 0. The lowest BCUT2D eigenvalue weighted by Crippen LogP contribution is -2.50. The fraction of sp³-hybridized carbons (Fsp3) is 0.211. The molecule has 1 atom stereocenters. The number of nitrogens with zero attached hydrogens (tertiary/aromatic N) is 2. The first-order valence-electron chi connectivity index (χ1n) is 14.8. The van der Waals surface area contributed by atoms with Gasteiger partial charge in [-0.2, -0.15) is 0 Å². The van der Waals surface area contributed by atoms with Crippen LogP contribution in [0.5, 0.6) is 5.75 Å². The number of piperazine rings is 1. The van der Waals surface area contributed by atoms with Crippen molar-refractivity contribution in [3.05, 3.63) is 150 Å². The molecule has 1 aliphatic carbocycles. The van der Waals surface area contributed by atoms with Crippen LogP contribution in [0.25, 0.3) is 16.9 Å². The van der Waals surface area contributed by atoms with Crippen LogP contribution in [-0.4, -0.2) is 55.1 Å². The lowest BCUT2D eigenvalue weighted by molar-refractivity contribution is 0.112. The van der Waals surface area contributed by atoms with Crippen LogP contribution in [0.3, 0.4) is 0 Å². The zero-order chi connectivity index (χ0) is 29.9. The van der Waals surface area contributed by atoms with E-state index < -0.39 is 0 Å². The second kappa shape index (κ2) is 15.0. The number of carbonyl (C=O) groups is 1. The van der Waals surface area contributed by atoms with Crippen LogP contribution in [0.2, 0.25) is 0 Å². The molecule has 0 bridgehead atoms. The first-order chi connectivity index (χ1) is 21.1. The number of ether oxygens (including phenoxy) is 1. The van der Waals surface area contributed by atoms with Crippen LogP contribution in [0.1, 0.15) is 21.6 Å². The van der Waals surface area contributed by atoms with Crippen LogP contribution in [0.4, 0.5) is 0 Å². The zero-order valence-electron chi connectivity index (χ0n) is 24.9. The predicted octanol–water partition coefficient (Wildman–Crippen LogP) is 6.98. The van der Waals surface area contributed by atoms with Crippen molar-refractivity contribution in [3.63, 3.8) is 0 Å². The van der Waals surface area contributed by atoms with E-state index >= 15 is 0 Å². The topological polar surface area (TPSA) is 46.5 Å². The predicted molar refractivity (Wildman–Crippen MR) is 176 cm³/mol. The summed E-state index contributed by atoms with van der Waals surface area (Å²) in [6.07, 6.45) is 11.8. The van der Waals surface area contributed by atoms with E-state index in [-0.39, 0.29) is 0 Å². The normalized spacial score (nSPS) is 16.1. The van der Waals surface area contributed by atoms with Crippen molar-refractivity contribution in [2.24, 2.45) is 0 Å². The monoisotopic (exact) mass is 569 g/mol. The molecule has 2 heterocycles. The number of aryl methyl sites for hydroxylation is 1. The summed E-state index contributed by atoms with van der Waals surface area (Å²) in [5.74, 6) is 0.754. The fourth-order valence-corrected chi connectivity index (χ4v) is 5.42. The molecule has 5 nitrogen and oxygen atoms in total. The zero-order valence-corrected chi connectivity index (χ0v) is 24.9. The highest BCUT2D eigenvalue weighted by atomic mass is 16.5. The summed E-state index contributed by atoms with van der Waals surface area (Å²) in [7, 11) is 2.22. The van der Waals surface area contributed by atoms with E-state index in [1.54, 1.807) is 0 Å². The van der Waals surface area contributed by atoms with E-state index in [1.165, 1.54) is 5.56 Å². The minimum absolute atomic E-state index is 0.452. The van der Waals surface area contributed by atoms with E-state index in [9.17, 15) is 4.79 Å². The molecule has 0 saturated carbocycles. The Morgan fingerprint density at radius 3 is 2.53 bits per heavy atom. The van der Waals surface area contributed by atoms with Gasteiger partial charge >= 0.3 is 0 Å². The van der Waals surface area contributed by atoms with Gasteiger partial charge in [-0.05, 0) is 74.0 Å². The first kappa shape index (κ1) is 29.8. The van der Waals surface area contributed by atoms with Crippen LogP contribution in [-0.2, 0) is 6.42 Å². The van der Waals surface area contributed by atoms with Gasteiger partial charge in [0.25, 0.3) is 0 Å². The molecule has 43 heavy (non-hydrogen) atoms. The Morgan fingerprint density at radius 2 is 1.77 bits per heavy atom. The van der Waals surface area contributed by atoms with Crippen molar-refractivity contribution in [1.29, 1.82) is 0 Å². The van der Waals surface area contributed by atoms with Crippen LogP contribution in [0, 0.1) is 6.92 Å². The summed E-state index contributed by atoms with van der Waals surface area (Å²) in [6, 6.07) is 31.2. The van der Waals surface area contributed by atoms with Gasteiger partial charge in [-0.3, -0.25) is 4.79 Å². The highest BCUT2D eigenvalue weighted by Crippen LogP contribution is 2.32. The summed E-state index contributed by atoms with van der Waals surface area (Å²) in [5, 5.41) is 3.44. The molecule has 0 spiro atoms. The van der Waals surface area contributed by atoms with E-state index in [2.05, 4.69) is 57.9 Å². The lowest BCUT2D eigenvalue weighted by atomic mass is 10.0. The van der Waals surface area contributed by atoms with Gasteiger partial charge in [0, 0.05) is 48.2 Å². The number of carbonyl (C=O) groups excluding carboxylic acids is 1. The van der Waals surface area contributed by atoms with Gasteiger partial charge in [0.1, 0.15) is 12.4 Å². The second-order valence-electron chi connectivity index (χ2n) is 10.8. The Hall–Kier alpha value is -4.67. The second-order valence-corrected chi connectivity index (χ2v) is 10.8. The first-order valence-corrected chi connectivity index (χ1v) is 14.8. The number of rotatable bonds is 8. The Bertz CT molecular complexity index is 1630. The van der Waals surface area contributed by atoms with Crippen LogP contribution in [0.15, 0.2) is 133 Å². The number of hydrogen-bond acceptors (Lipinski definition) is 4. The third-order valence-electron chi connectivity index (χ3n) is 7.71. The number of allylic oxidation sites excluding steroid dienone is 3. The molecule has 1 N–H and O–H groups in total. The van der Waals surface area contributed by atoms with Crippen molar-refractivity contribution >= 4 is 6.29 Å². The molecule has 1 aliphatic heterocycles. The maximum Gasteiger partial charge on any atom is 0.152 e. The van der Waals surface area contributed by atoms with Crippen molar-refractivity contribution < 1.29 is 9.53 Å². The Balaban J connectivity index is 0.000000220. The van der Waals surface area contributed by atoms with Gasteiger partial charge in [0.05, 0.1) is 5.69 Å². The molecule has 0 unspecified atom stereocenters. The van der Waals surface area contributed by atoms with Gasteiger partial charge in [-0.1, -0.05) is 78.9 Å². The Morgan fingerprint density at radius 1 is 0.977 bits per heavy atom. The largest absolute Gasteiger partial charge is 0.489 e. The van der Waals surface area contributed by atoms with Gasteiger partial charge in [0.2, 0.25) is 0 Å². The summed E-state index contributed by atoms with van der Waals surface area (Å²) in [4.78, 5) is 14.2. The van der Waals surface area contributed by atoms with Crippen molar-refractivity contribution in [2.45, 2.75) is 19.4 Å². The molecule has 5 heteroatoms. The average Bonchev–Trinajstić information content (AvgIpc) is 3.19. The molecular formula is C38H39N3O2. The SMILES string of the molecule is CN1CCNC[C@H]1Cc1ccccc1.Cc1cc(C=O)c(-c2cccc(OCC3=CC=CC=C=C3)c2)n1-c1ccccc1. The van der Waals surface area contributed by atoms with Crippen molar-refractivity contribution in [1.82, 2.24) is 14.8 Å². The third-order valence-corrected chi connectivity index (χ3v) is 7.71. The molecule has 0 radical (unpaired) electrons. The smallest absolute Gasteiger partial charge is 0.152 e. The maximum atomic E-state index is 11.8. The summed E-state index contributed by atoms with van der Waals surface area (Å²) in [6.45, 7) is 5.87. The van der Waals surface area contributed by atoms with E-state index in [0.717, 1.165) is 66.3 Å². The average molecular weight is 570 g/mol. The quantitative estimate of drug-likeness (QED) is 0.184. The van der Waals surface area contributed by atoms with Crippen LogP contribution < -0.4 is 10.1 Å². The number of hydrogen-bond donors (Lipinski definition) is 1. The van der Waals surface area contributed by atoms with Crippen molar-refractivity contribution in [2.75, 3.05) is 33.3 Å². The molecule has 6 rings (SSSR count). The number of nitrogens with one attached hydrogen (secondary N) is 1. The van der Waals surface area contributed by atoms with Gasteiger partial charge in [-0.15, -0.1) is 5.73 Å². The number of benzene rings is 3. The van der Waals surface area contributed by atoms with Crippen LogP contribution >= 0.6 is 0 Å². The molecule has 2 aliphatic rings. The third kappa shape index (κ3) is 8.00. The highest BCUT2D eigenvalue weighted by molar-refractivity contribution is 5.88. The summed E-state index contributed by atoms with van der Waals surface area (Å²) in [5.41, 5.74) is 10.1.